The molecule has 7 nitrogen and oxygen atoms in total. The predicted octanol–water partition coefficient (Wildman–Crippen LogP) is 3.80. The molecule has 0 bridgehead atoms. The first-order chi connectivity index (χ1) is 14.3. The minimum Gasteiger partial charge on any atom is -0.365 e. The van der Waals surface area contributed by atoms with Gasteiger partial charge in [-0.3, -0.25) is 9.97 Å². The maximum atomic E-state index is 14.4. The van der Waals surface area contributed by atoms with Crippen LogP contribution in [-0.2, 0) is 0 Å². The number of rotatable bonds is 5. The Kier molecular flexibility index (Phi) is 4.74. The number of nitrogens with one attached hydrogen (secondary N) is 3. The van der Waals surface area contributed by atoms with Gasteiger partial charge in [0.25, 0.3) is 0 Å². The quantitative estimate of drug-likeness (QED) is 0.464. The van der Waals surface area contributed by atoms with Crippen LogP contribution in [0.5, 0.6) is 0 Å². The van der Waals surface area contributed by atoms with Crippen molar-refractivity contribution in [2.45, 2.75) is 12.5 Å². The van der Waals surface area contributed by atoms with Gasteiger partial charge < -0.3 is 16.0 Å². The summed E-state index contributed by atoms with van der Waals surface area (Å²) < 4.78 is 15.3. The van der Waals surface area contributed by atoms with Gasteiger partial charge in [-0.1, -0.05) is 0 Å². The molecule has 0 unspecified atom stereocenters. The fourth-order valence-corrected chi connectivity index (χ4v) is 4.23. The maximum absolute atomic E-state index is 14.4. The molecule has 0 amide bonds. The fraction of sp³-hybridized carbons (Fsp3) is 0.200. The van der Waals surface area contributed by atoms with Gasteiger partial charge in [-0.05, 0) is 31.2 Å². The standard InChI is InChI=1S/C20H18FN7S/c21-15-10-24-7-4-14(15)19-27-17-16(25-12-2-1-5-22-8-12)11-29-18(17)20(28-19)26-13-3-6-23-9-13/h1-2,4-5,7-8,10-11,13,23,25H,3,6,9H2,(H,26,27,28)/t13-/m1/s1. The second-order valence-corrected chi connectivity index (χ2v) is 7.66. The van der Waals surface area contributed by atoms with Gasteiger partial charge >= 0.3 is 0 Å². The zero-order chi connectivity index (χ0) is 19.6. The van der Waals surface area contributed by atoms with E-state index in [1.54, 1.807) is 36.0 Å². The lowest BCUT2D eigenvalue weighted by atomic mass is 10.2. The number of fused-ring (bicyclic) bond motifs is 1. The number of anilines is 3. The first kappa shape index (κ1) is 17.9. The van der Waals surface area contributed by atoms with Crippen LogP contribution in [0, 0.1) is 5.82 Å². The lowest BCUT2D eigenvalue weighted by molar-refractivity contribution is 0.623. The molecule has 9 heteroatoms. The molecule has 29 heavy (non-hydrogen) atoms. The molecule has 1 aliphatic rings. The molecule has 1 fully saturated rings. The molecule has 146 valence electrons. The molecule has 1 atom stereocenters. The van der Waals surface area contributed by atoms with E-state index in [0.29, 0.717) is 11.4 Å². The van der Waals surface area contributed by atoms with Crippen LogP contribution in [0.1, 0.15) is 6.42 Å². The van der Waals surface area contributed by atoms with E-state index >= 15 is 0 Å². The molecule has 3 N–H and O–H groups in total. The summed E-state index contributed by atoms with van der Waals surface area (Å²) in [5.41, 5.74) is 2.77. The highest BCUT2D eigenvalue weighted by molar-refractivity contribution is 7.18. The van der Waals surface area contributed by atoms with E-state index in [-0.39, 0.29) is 6.04 Å². The van der Waals surface area contributed by atoms with Crippen LogP contribution in [-0.4, -0.2) is 39.1 Å². The molecule has 0 aromatic carbocycles. The summed E-state index contributed by atoms with van der Waals surface area (Å²) in [6, 6.07) is 5.67. The van der Waals surface area contributed by atoms with Crippen molar-refractivity contribution in [3.05, 3.63) is 54.2 Å². The number of hydrogen-bond donors (Lipinski definition) is 3. The summed E-state index contributed by atoms with van der Waals surface area (Å²) in [4.78, 5) is 17.3. The van der Waals surface area contributed by atoms with Crippen molar-refractivity contribution < 1.29 is 4.39 Å². The van der Waals surface area contributed by atoms with Crippen molar-refractivity contribution in [3.8, 4) is 11.4 Å². The Labute approximate surface area is 170 Å². The molecule has 0 saturated carbocycles. The van der Waals surface area contributed by atoms with Crippen LogP contribution in [0.4, 0.5) is 21.6 Å². The monoisotopic (exact) mass is 407 g/mol. The Bertz CT molecular complexity index is 1140. The summed E-state index contributed by atoms with van der Waals surface area (Å²) in [5.74, 6) is 0.606. The number of pyridine rings is 2. The van der Waals surface area contributed by atoms with Crippen LogP contribution >= 0.6 is 11.3 Å². The number of aromatic nitrogens is 4. The Morgan fingerprint density at radius 3 is 2.86 bits per heavy atom. The Morgan fingerprint density at radius 1 is 1.14 bits per heavy atom. The second-order valence-electron chi connectivity index (χ2n) is 6.78. The van der Waals surface area contributed by atoms with E-state index < -0.39 is 5.82 Å². The first-order valence-corrected chi connectivity index (χ1v) is 10.2. The SMILES string of the molecule is Fc1cnccc1-c1nc(N[C@@H]2CCNC2)c2scc(Nc3cccnc3)c2n1. The van der Waals surface area contributed by atoms with Crippen molar-refractivity contribution in [2.75, 3.05) is 23.7 Å². The highest BCUT2D eigenvalue weighted by Crippen LogP contribution is 2.37. The highest BCUT2D eigenvalue weighted by Gasteiger charge is 2.20. The topological polar surface area (TPSA) is 87.7 Å². The molecule has 1 aliphatic heterocycles. The summed E-state index contributed by atoms with van der Waals surface area (Å²) >= 11 is 1.55. The second kappa shape index (κ2) is 7.69. The van der Waals surface area contributed by atoms with Gasteiger partial charge in [0.2, 0.25) is 0 Å². The van der Waals surface area contributed by atoms with Gasteiger partial charge in [0.15, 0.2) is 11.6 Å². The summed E-state index contributed by atoms with van der Waals surface area (Å²) in [6.45, 7) is 1.84. The molecule has 0 aliphatic carbocycles. The van der Waals surface area contributed by atoms with Crippen molar-refractivity contribution in [3.63, 3.8) is 0 Å². The minimum absolute atomic E-state index is 0.278. The largest absolute Gasteiger partial charge is 0.365 e. The molecule has 1 saturated heterocycles. The normalized spacial score (nSPS) is 16.2. The molecule has 4 aromatic rings. The van der Waals surface area contributed by atoms with E-state index in [1.165, 1.54) is 6.20 Å². The number of halogens is 1. The third-order valence-corrected chi connectivity index (χ3v) is 5.75. The van der Waals surface area contributed by atoms with E-state index in [1.807, 2.05) is 17.5 Å². The molecule has 4 aromatic heterocycles. The van der Waals surface area contributed by atoms with Gasteiger partial charge in [0.1, 0.15) is 11.3 Å². The summed E-state index contributed by atoms with van der Waals surface area (Å²) in [7, 11) is 0. The smallest absolute Gasteiger partial charge is 0.165 e. The number of thiophene rings is 1. The van der Waals surface area contributed by atoms with Gasteiger partial charge in [0.05, 0.1) is 34.0 Å². The minimum atomic E-state index is -0.447. The van der Waals surface area contributed by atoms with Crippen molar-refractivity contribution in [1.29, 1.82) is 0 Å². The Balaban J connectivity index is 1.62. The lowest BCUT2D eigenvalue weighted by Crippen LogP contribution is -2.23. The van der Waals surface area contributed by atoms with Gasteiger partial charge in [-0.2, -0.15) is 0 Å². The zero-order valence-corrected chi connectivity index (χ0v) is 16.2. The van der Waals surface area contributed by atoms with Crippen molar-refractivity contribution in [2.24, 2.45) is 0 Å². The number of hydrogen-bond acceptors (Lipinski definition) is 8. The van der Waals surface area contributed by atoms with Crippen molar-refractivity contribution in [1.82, 2.24) is 25.3 Å². The number of nitrogens with zero attached hydrogens (tertiary/aromatic N) is 4. The Hall–Kier alpha value is -3.17. The molecular formula is C20H18FN7S. The zero-order valence-electron chi connectivity index (χ0n) is 15.4. The van der Waals surface area contributed by atoms with E-state index in [4.69, 9.17) is 4.98 Å². The maximum Gasteiger partial charge on any atom is 0.165 e. The van der Waals surface area contributed by atoms with Crippen LogP contribution in [0.15, 0.2) is 48.4 Å². The third-order valence-electron chi connectivity index (χ3n) is 4.77. The average Bonchev–Trinajstić information content (AvgIpc) is 3.40. The van der Waals surface area contributed by atoms with Crippen LogP contribution < -0.4 is 16.0 Å². The van der Waals surface area contributed by atoms with E-state index in [9.17, 15) is 4.39 Å². The van der Waals surface area contributed by atoms with E-state index in [0.717, 1.165) is 46.9 Å². The van der Waals surface area contributed by atoms with Gasteiger partial charge in [-0.25, -0.2) is 14.4 Å². The molecule has 0 spiro atoms. The fourth-order valence-electron chi connectivity index (χ4n) is 3.35. The third kappa shape index (κ3) is 3.62. The summed E-state index contributed by atoms with van der Waals surface area (Å²) in [6.07, 6.45) is 7.21. The molecule has 0 radical (unpaired) electrons. The highest BCUT2D eigenvalue weighted by atomic mass is 32.1. The molecular weight excluding hydrogens is 389 g/mol. The summed E-state index contributed by atoms with van der Waals surface area (Å²) in [5, 5.41) is 12.2. The average molecular weight is 407 g/mol. The van der Waals surface area contributed by atoms with E-state index in [2.05, 4.69) is 30.9 Å². The van der Waals surface area contributed by atoms with Crippen molar-refractivity contribution >= 4 is 38.7 Å². The van der Waals surface area contributed by atoms with Gasteiger partial charge in [0, 0.05) is 30.4 Å². The van der Waals surface area contributed by atoms with Crippen LogP contribution in [0.3, 0.4) is 0 Å². The first-order valence-electron chi connectivity index (χ1n) is 9.31. The van der Waals surface area contributed by atoms with Gasteiger partial charge in [-0.15, -0.1) is 11.3 Å². The Morgan fingerprint density at radius 2 is 2.07 bits per heavy atom. The van der Waals surface area contributed by atoms with Crippen LogP contribution in [0.25, 0.3) is 21.6 Å². The molecule has 5 heterocycles. The predicted molar refractivity (Wildman–Crippen MR) is 113 cm³/mol. The van der Waals surface area contributed by atoms with Crippen LogP contribution in [0.2, 0.25) is 0 Å². The molecule has 5 rings (SSSR count). The lowest BCUT2D eigenvalue weighted by Gasteiger charge is -2.14.